The average Bonchev–Trinajstić information content (AvgIpc) is 2.85. The first-order valence-electron chi connectivity index (χ1n) is 6.38. The number of amides is 1. The third-order valence-corrected chi connectivity index (χ3v) is 4.21. The number of hydrogen-bond acceptors (Lipinski definition) is 3. The Morgan fingerprint density at radius 3 is 2.62 bits per heavy atom. The number of carbonyl (C=O) groups excluding carboxylic acids is 1. The van der Waals surface area contributed by atoms with Crippen molar-refractivity contribution in [3.8, 4) is 0 Å². The van der Waals surface area contributed by atoms with Gasteiger partial charge < -0.3 is 10.4 Å². The fourth-order valence-corrected chi connectivity index (χ4v) is 3.02. The molecule has 0 aliphatic carbocycles. The van der Waals surface area contributed by atoms with Crippen LogP contribution in [0.3, 0.4) is 0 Å². The maximum atomic E-state index is 11.9. The lowest BCUT2D eigenvalue weighted by Crippen LogP contribution is -2.27. The Bertz CT molecular complexity index is 654. The minimum absolute atomic E-state index is 0.0632. The monoisotopic (exact) mass is 323 g/mol. The lowest BCUT2D eigenvalue weighted by atomic mass is 10.0. The molecule has 1 amide bonds. The van der Waals surface area contributed by atoms with Crippen LogP contribution in [0.2, 0.25) is 4.34 Å². The van der Waals surface area contributed by atoms with Crippen molar-refractivity contribution in [2.75, 3.05) is 6.54 Å². The first kappa shape index (κ1) is 15.5. The van der Waals surface area contributed by atoms with Gasteiger partial charge in [0.1, 0.15) is 0 Å². The van der Waals surface area contributed by atoms with Crippen molar-refractivity contribution >= 4 is 34.8 Å². The van der Waals surface area contributed by atoms with Crippen LogP contribution in [0.15, 0.2) is 36.4 Å². The minimum atomic E-state index is -1.02. The van der Waals surface area contributed by atoms with Crippen molar-refractivity contribution in [1.82, 2.24) is 5.32 Å². The SMILES string of the molecule is O=C(Cc1ccccc1C(=O)O)NCCc1ccc(Cl)s1. The molecule has 1 aromatic heterocycles. The Labute approximate surface area is 131 Å². The summed E-state index contributed by atoms with van der Waals surface area (Å²) in [6.07, 6.45) is 0.775. The number of carbonyl (C=O) groups is 2. The van der Waals surface area contributed by atoms with Gasteiger partial charge in [-0.1, -0.05) is 29.8 Å². The summed E-state index contributed by atoms with van der Waals surface area (Å²) in [6, 6.07) is 10.3. The molecule has 6 heteroatoms. The van der Waals surface area contributed by atoms with E-state index in [-0.39, 0.29) is 17.9 Å². The standard InChI is InChI=1S/C15H14ClNO3S/c16-13-6-5-11(21-13)7-8-17-14(18)9-10-3-1-2-4-12(10)15(19)20/h1-6H,7-9H2,(H,17,18)(H,19,20). The molecular weight excluding hydrogens is 310 g/mol. The topological polar surface area (TPSA) is 66.4 Å². The van der Waals surface area contributed by atoms with Gasteiger partial charge in [0.15, 0.2) is 0 Å². The van der Waals surface area contributed by atoms with Gasteiger partial charge >= 0.3 is 5.97 Å². The Balaban J connectivity index is 1.86. The molecule has 0 saturated heterocycles. The van der Waals surface area contributed by atoms with Crippen molar-refractivity contribution in [2.24, 2.45) is 0 Å². The second kappa shape index (κ2) is 7.24. The van der Waals surface area contributed by atoms with Crippen molar-refractivity contribution in [2.45, 2.75) is 12.8 Å². The van der Waals surface area contributed by atoms with E-state index in [1.54, 1.807) is 18.2 Å². The largest absolute Gasteiger partial charge is 0.478 e. The zero-order chi connectivity index (χ0) is 15.2. The molecule has 0 bridgehead atoms. The van der Waals surface area contributed by atoms with Gasteiger partial charge in [0, 0.05) is 11.4 Å². The number of thiophene rings is 1. The van der Waals surface area contributed by atoms with E-state index in [2.05, 4.69) is 5.32 Å². The van der Waals surface area contributed by atoms with Crippen LogP contribution in [0.4, 0.5) is 0 Å². The molecule has 0 aliphatic rings. The zero-order valence-corrected chi connectivity index (χ0v) is 12.7. The molecule has 0 aliphatic heterocycles. The first-order valence-corrected chi connectivity index (χ1v) is 7.58. The van der Waals surface area contributed by atoms with E-state index >= 15 is 0 Å². The summed E-state index contributed by atoms with van der Waals surface area (Å²) < 4.78 is 0.728. The highest BCUT2D eigenvalue weighted by Crippen LogP contribution is 2.21. The second-order valence-electron chi connectivity index (χ2n) is 4.44. The molecule has 1 aromatic carbocycles. The van der Waals surface area contributed by atoms with Crippen LogP contribution in [0.5, 0.6) is 0 Å². The van der Waals surface area contributed by atoms with E-state index < -0.39 is 5.97 Å². The van der Waals surface area contributed by atoms with Gasteiger partial charge in [0.2, 0.25) is 5.91 Å². The van der Waals surface area contributed by atoms with Gasteiger partial charge in [-0.25, -0.2) is 4.79 Å². The number of nitrogens with one attached hydrogen (secondary N) is 1. The smallest absolute Gasteiger partial charge is 0.335 e. The highest BCUT2D eigenvalue weighted by Gasteiger charge is 2.12. The third-order valence-electron chi connectivity index (χ3n) is 2.92. The maximum Gasteiger partial charge on any atom is 0.335 e. The van der Waals surface area contributed by atoms with Crippen LogP contribution in [-0.4, -0.2) is 23.5 Å². The van der Waals surface area contributed by atoms with Crippen LogP contribution >= 0.6 is 22.9 Å². The van der Waals surface area contributed by atoms with Crippen LogP contribution in [-0.2, 0) is 17.6 Å². The highest BCUT2D eigenvalue weighted by atomic mass is 35.5. The number of halogens is 1. The van der Waals surface area contributed by atoms with E-state index in [0.29, 0.717) is 18.5 Å². The molecule has 0 fully saturated rings. The van der Waals surface area contributed by atoms with Crippen molar-refractivity contribution in [3.05, 3.63) is 56.7 Å². The molecule has 1 heterocycles. The van der Waals surface area contributed by atoms with Crippen LogP contribution in [0, 0.1) is 0 Å². The molecule has 0 atom stereocenters. The van der Waals surface area contributed by atoms with Gasteiger partial charge in [-0.3, -0.25) is 4.79 Å². The summed E-state index contributed by atoms with van der Waals surface area (Å²) in [7, 11) is 0. The number of carboxylic acid groups (broad SMARTS) is 1. The minimum Gasteiger partial charge on any atom is -0.478 e. The molecule has 4 nitrogen and oxygen atoms in total. The molecule has 21 heavy (non-hydrogen) atoms. The molecule has 0 unspecified atom stereocenters. The normalized spacial score (nSPS) is 10.3. The molecule has 2 aromatic rings. The van der Waals surface area contributed by atoms with Crippen LogP contribution in [0.25, 0.3) is 0 Å². The highest BCUT2D eigenvalue weighted by molar-refractivity contribution is 7.16. The molecule has 110 valence electrons. The van der Waals surface area contributed by atoms with Crippen molar-refractivity contribution in [1.29, 1.82) is 0 Å². The van der Waals surface area contributed by atoms with Gasteiger partial charge in [0.25, 0.3) is 0 Å². The summed E-state index contributed by atoms with van der Waals surface area (Å²) in [6.45, 7) is 0.505. The summed E-state index contributed by atoms with van der Waals surface area (Å²) in [5.74, 6) is -1.21. The average molecular weight is 324 g/mol. The molecular formula is C15H14ClNO3S. The number of benzene rings is 1. The molecule has 2 rings (SSSR count). The van der Waals surface area contributed by atoms with Crippen LogP contribution < -0.4 is 5.32 Å². The summed E-state index contributed by atoms with van der Waals surface area (Å²) in [5.41, 5.74) is 0.680. The maximum absolute atomic E-state index is 11.9. The Morgan fingerprint density at radius 2 is 1.95 bits per heavy atom. The van der Waals surface area contributed by atoms with E-state index in [4.69, 9.17) is 16.7 Å². The Kier molecular flexibility index (Phi) is 5.36. The predicted octanol–water partition coefficient (Wildman–Crippen LogP) is 3.00. The fraction of sp³-hybridized carbons (Fsp3) is 0.200. The predicted molar refractivity (Wildman–Crippen MR) is 83.1 cm³/mol. The fourth-order valence-electron chi connectivity index (χ4n) is 1.93. The molecule has 0 spiro atoms. The Morgan fingerprint density at radius 1 is 1.19 bits per heavy atom. The number of hydrogen-bond donors (Lipinski definition) is 2. The van der Waals surface area contributed by atoms with Gasteiger partial charge in [-0.05, 0) is 30.2 Å². The quantitative estimate of drug-likeness (QED) is 0.858. The zero-order valence-electron chi connectivity index (χ0n) is 11.1. The summed E-state index contributed by atoms with van der Waals surface area (Å²) in [4.78, 5) is 24.0. The van der Waals surface area contributed by atoms with Gasteiger partial charge in [0.05, 0.1) is 16.3 Å². The second-order valence-corrected chi connectivity index (χ2v) is 6.24. The van der Waals surface area contributed by atoms with Gasteiger partial charge in [-0.2, -0.15) is 0 Å². The number of carboxylic acids is 1. The van der Waals surface area contributed by atoms with E-state index in [1.807, 2.05) is 12.1 Å². The van der Waals surface area contributed by atoms with Crippen molar-refractivity contribution in [3.63, 3.8) is 0 Å². The number of rotatable bonds is 6. The Hall–Kier alpha value is -1.85. The first-order chi connectivity index (χ1) is 10.1. The van der Waals surface area contributed by atoms with E-state index in [1.165, 1.54) is 17.4 Å². The van der Waals surface area contributed by atoms with E-state index in [0.717, 1.165) is 9.21 Å². The van der Waals surface area contributed by atoms with E-state index in [9.17, 15) is 9.59 Å². The van der Waals surface area contributed by atoms with Gasteiger partial charge in [-0.15, -0.1) is 11.3 Å². The molecule has 0 saturated carbocycles. The summed E-state index contributed by atoms with van der Waals surface area (Å²) in [5, 5.41) is 11.8. The number of aromatic carboxylic acids is 1. The molecule has 0 radical (unpaired) electrons. The lowest BCUT2D eigenvalue weighted by molar-refractivity contribution is -0.120. The third kappa shape index (κ3) is 4.58. The summed E-state index contributed by atoms with van der Waals surface area (Å²) >= 11 is 7.32. The van der Waals surface area contributed by atoms with Crippen LogP contribution in [0.1, 0.15) is 20.8 Å². The van der Waals surface area contributed by atoms with Crippen molar-refractivity contribution < 1.29 is 14.7 Å². The molecule has 2 N–H and O–H groups in total. The lowest BCUT2D eigenvalue weighted by Gasteiger charge is -2.07.